The minimum Gasteiger partial charge on any atom is -0.390 e. The van der Waals surface area contributed by atoms with Crippen LogP contribution in [0.1, 0.15) is 57.3 Å². The summed E-state index contributed by atoms with van der Waals surface area (Å²) in [4.78, 5) is 11.9. The highest BCUT2D eigenvalue weighted by molar-refractivity contribution is 5.82. The third-order valence-corrected chi connectivity index (χ3v) is 9.49. The molecule has 5 aliphatic rings. The molecule has 5 fully saturated rings. The van der Waals surface area contributed by atoms with Crippen LogP contribution in [0.5, 0.6) is 0 Å². The smallest absolute Gasteiger partial charge is 0.159 e. The summed E-state index contributed by atoms with van der Waals surface area (Å²) in [7, 11) is 1.64. The summed E-state index contributed by atoms with van der Waals surface area (Å²) in [5, 5.41) is 26.5. The fourth-order valence-electron chi connectivity index (χ4n) is 6.84. The van der Waals surface area contributed by atoms with Gasteiger partial charge in [0.2, 0.25) is 0 Å². The summed E-state index contributed by atoms with van der Waals surface area (Å²) < 4.78 is 7.25. The van der Waals surface area contributed by atoms with Crippen LogP contribution in [0.25, 0.3) is 16.7 Å². The average molecular weight is 471 g/mol. The van der Waals surface area contributed by atoms with Crippen LogP contribution in [0.4, 0.5) is 5.82 Å². The number of nitriles is 1. The normalized spacial score (nSPS) is 29.9. The largest absolute Gasteiger partial charge is 0.390 e. The van der Waals surface area contributed by atoms with Crippen LogP contribution in [0.15, 0.2) is 30.5 Å². The highest BCUT2D eigenvalue weighted by Crippen LogP contribution is 2.78. The van der Waals surface area contributed by atoms with Crippen molar-refractivity contribution in [3.8, 4) is 11.9 Å². The van der Waals surface area contributed by atoms with E-state index in [0.717, 1.165) is 60.9 Å². The van der Waals surface area contributed by atoms with Gasteiger partial charge in [-0.3, -0.25) is 0 Å². The molecular weight excluding hydrogens is 440 g/mol. The Morgan fingerprint density at radius 3 is 2.60 bits per heavy atom. The molecule has 0 amide bonds. The van der Waals surface area contributed by atoms with E-state index in [-0.39, 0.29) is 16.2 Å². The molecule has 0 unspecified atom stereocenters. The van der Waals surface area contributed by atoms with E-state index in [0.29, 0.717) is 24.3 Å². The number of anilines is 1. The van der Waals surface area contributed by atoms with Gasteiger partial charge in [0.25, 0.3) is 0 Å². The second-order valence-corrected chi connectivity index (χ2v) is 11.8. The highest BCUT2D eigenvalue weighted by atomic mass is 16.5. The van der Waals surface area contributed by atoms with E-state index in [1.54, 1.807) is 7.11 Å². The Kier molecular flexibility index (Phi) is 4.01. The number of hydrogen-bond acceptors (Lipinski definition) is 7. The summed E-state index contributed by atoms with van der Waals surface area (Å²) in [6.45, 7) is 4.92. The zero-order valence-electron chi connectivity index (χ0n) is 20.5. The molecule has 35 heavy (non-hydrogen) atoms. The van der Waals surface area contributed by atoms with E-state index < -0.39 is 5.60 Å². The van der Waals surface area contributed by atoms with Crippen molar-refractivity contribution in [1.29, 1.82) is 5.26 Å². The van der Waals surface area contributed by atoms with Gasteiger partial charge in [0, 0.05) is 36.6 Å². The van der Waals surface area contributed by atoms with Crippen molar-refractivity contribution in [2.45, 2.75) is 69.6 Å². The predicted molar refractivity (Wildman–Crippen MR) is 130 cm³/mol. The zero-order chi connectivity index (χ0) is 24.2. The average Bonchev–Trinajstić information content (AvgIpc) is 3.49. The lowest BCUT2D eigenvalue weighted by atomic mass is 9.61. The van der Waals surface area contributed by atoms with Crippen LogP contribution in [0.3, 0.4) is 0 Å². The summed E-state index contributed by atoms with van der Waals surface area (Å²) in [5.41, 5.74) is 1.08. The maximum absolute atomic E-state index is 10.8. The minimum atomic E-state index is -0.726. The molecule has 2 aromatic heterocycles. The third-order valence-electron chi connectivity index (χ3n) is 9.49. The summed E-state index contributed by atoms with van der Waals surface area (Å²) in [5.74, 6) is 2.15. The molecule has 3 aliphatic carbocycles. The Morgan fingerprint density at radius 1 is 1.20 bits per heavy atom. The maximum Gasteiger partial charge on any atom is 0.159 e. The molecule has 2 saturated heterocycles. The molecule has 3 aromatic rings. The summed E-state index contributed by atoms with van der Waals surface area (Å²) in [6.07, 6.45) is 7.06. The molecule has 1 N–H and O–H groups in total. The van der Waals surface area contributed by atoms with Crippen LogP contribution >= 0.6 is 0 Å². The molecule has 1 spiro atoms. The first-order valence-corrected chi connectivity index (χ1v) is 12.5. The molecular formula is C27H30N6O2. The molecule has 4 heterocycles. The van der Waals surface area contributed by atoms with E-state index in [1.165, 1.54) is 0 Å². The Hall–Kier alpha value is -3.02. The van der Waals surface area contributed by atoms with Gasteiger partial charge >= 0.3 is 0 Å². The van der Waals surface area contributed by atoms with Crippen molar-refractivity contribution in [3.05, 3.63) is 41.9 Å². The Morgan fingerprint density at radius 2 is 1.97 bits per heavy atom. The van der Waals surface area contributed by atoms with E-state index in [2.05, 4.69) is 34.3 Å². The second kappa shape index (κ2) is 6.59. The lowest BCUT2D eigenvalue weighted by Gasteiger charge is -2.45. The van der Waals surface area contributed by atoms with E-state index in [9.17, 15) is 10.4 Å². The van der Waals surface area contributed by atoms with Crippen LogP contribution in [-0.4, -0.2) is 50.2 Å². The van der Waals surface area contributed by atoms with Crippen LogP contribution < -0.4 is 4.90 Å². The second-order valence-electron chi connectivity index (χ2n) is 11.8. The number of aromatic nitrogens is 4. The Balaban J connectivity index is 1.30. The predicted octanol–water partition coefficient (Wildman–Crippen LogP) is 3.65. The Labute approximate surface area is 204 Å². The fraction of sp³-hybridized carbons (Fsp3) is 0.556. The van der Waals surface area contributed by atoms with Gasteiger partial charge in [-0.05, 0) is 63.0 Å². The van der Waals surface area contributed by atoms with E-state index in [4.69, 9.17) is 14.7 Å². The number of benzene rings is 1. The maximum atomic E-state index is 10.8. The van der Waals surface area contributed by atoms with Crippen molar-refractivity contribution in [2.24, 2.45) is 10.8 Å². The monoisotopic (exact) mass is 470 g/mol. The lowest BCUT2D eigenvalue weighted by Crippen LogP contribution is -2.50. The molecule has 1 atom stereocenters. The van der Waals surface area contributed by atoms with Gasteiger partial charge in [-0.1, -0.05) is 12.1 Å². The number of fused-ring (bicyclic) bond motifs is 2. The molecule has 8 nitrogen and oxygen atoms in total. The summed E-state index contributed by atoms with van der Waals surface area (Å²) >= 11 is 0. The van der Waals surface area contributed by atoms with E-state index >= 15 is 0 Å². The number of methoxy groups -OCH3 is 1. The van der Waals surface area contributed by atoms with Gasteiger partial charge in [-0.15, -0.1) is 0 Å². The van der Waals surface area contributed by atoms with Crippen LogP contribution in [0.2, 0.25) is 0 Å². The number of rotatable bonds is 6. The van der Waals surface area contributed by atoms with Crippen molar-refractivity contribution >= 4 is 16.7 Å². The molecule has 8 heteroatoms. The summed E-state index contributed by atoms with van der Waals surface area (Å²) in [6, 6.07) is 11.3. The number of hydrogen-bond donors (Lipinski definition) is 1. The van der Waals surface area contributed by atoms with Gasteiger partial charge in [-0.25, -0.2) is 14.6 Å². The molecule has 2 bridgehead atoms. The molecule has 8 rings (SSSR count). The quantitative estimate of drug-likeness (QED) is 0.587. The number of ether oxygens (including phenoxy) is 1. The standard InChI is InChI=1S/C27H30N6O2/c1-24(2,34)26-10-19(11-26)32(16-26)22-9-23(31-21(30-22)13-35-3)33-20-8-18(5-4-17(20)12-29-33)27(15-28)14-25(27)6-7-25/h4-5,8-9,12,19,34H,6-7,10-11,13-14,16H2,1-3H3/t19?,26?,27-/m0/s1. The van der Waals surface area contributed by atoms with Crippen molar-refractivity contribution in [1.82, 2.24) is 19.7 Å². The fourth-order valence-corrected chi connectivity index (χ4v) is 6.84. The first-order chi connectivity index (χ1) is 16.7. The van der Waals surface area contributed by atoms with Crippen molar-refractivity contribution in [2.75, 3.05) is 18.6 Å². The highest BCUT2D eigenvalue weighted by Gasteiger charge is 2.75. The molecule has 1 aromatic carbocycles. The Bertz CT molecular complexity index is 1410. The minimum absolute atomic E-state index is 0.0911. The molecule has 3 saturated carbocycles. The SMILES string of the molecule is COCc1nc(N2CC3(C(C)(C)O)CC2C3)cc(-n2ncc3ccc([C@@]4(C#N)CC45CC5)cc32)n1. The van der Waals surface area contributed by atoms with Gasteiger partial charge in [-0.2, -0.15) is 10.4 Å². The van der Waals surface area contributed by atoms with E-state index in [1.807, 2.05) is 30.8 Å². The lowest BCUT2D eigenvalue weighted by molar-refractivity contribution is -0.0754. The number of aliphatic hydroxyl groups is 1. The molecule has 2 aliphatic heterocycles. The molecule has 180 valence electrons. The topological polar surface area (TPSA) is 100 Å². The van der Waals surface area contributed by atoms with Gasteiger partial charge in [0.15, 0.2) is 11.6 Å². The first-order valence-electron chi connectivity index (χ1n) is 12.5. The van der Waals surface area contributed by atoms with Gasteiger partial charge in [0.1, 0.15) is 12.4 Å². The molecule has 0 radical (unpaired) electrons. The van der Waals surface area contributed by atoms with Crippen molar-refractivity contribution < 1.29 is 9.84 Å². The van der Waals surface area contributed by atoms with Crippen LogP contribution in [-0.2, 0) is 16.8 Å². The van der Waals surface area contributed by atoms with Gasteiger partial charge in [0.05, 0.1) is 28.8 Å². The third kappa shape index (κ3) is 2.77. The van der Waals surface area contributed by atoms with Crippen LogP contribution in [0, 0.1) is 22.2 Å². The first kappa shape index (κ1) is 21.3. The zero-order valence-corrected chi connectivity index (χ0v) is 20.5. The van der Waals surface area contributed by atoms with Crippen molar-refractivity contribution in [3.63, 3.8) is 0 Å². The number of nitrogens with zero attached hydrogens (tertiary/aromatic N) is 6. The van der Waals surface area contributed by atoms with Gasteiger partial charge < -0.3 is 14.7 Å².